The molecule has 2 heterocycles. The van der Waals surface area contributed by atoms with Gasteiger partial charge in [-0.1, -0.05) is 11.6 Å². The molecule has 23 heavy (non-hydrogen) atoms. The predicted octanol–water partition coefficient (Wildman–Crippen LogP) is 2.22. The Morgan fingerprint density at radius 2 is 2.13 bits per heavy atom. The molecule has 0 unspecified atom stereocenters. The Kier molecular flexibility index (Phi) is 4.59. The summed E-state index contributed by atoms with van der Waals surface area (Å²) in [6.07, 6.45) is 2.89. The fourth-order valence-corrected chi connectivity index (χ4v) is 2.74. The van der Waals surface area contributed by atoms with E-state index in [2.05, 4.69) is 10.3 Å². The molecule has 6 nitrogen and oxygen atoms in total. The van der Waals surface area contributed by atoms with Gasteiger partial charge in [0.05, 0.1) is 6.54 Å². The largest absolute Gasteiger partial charge is 0.492 e. The second-order valence-electron chi connectivity index (χ2n) is 4.59. The SMILES string of the molecule is O=C(NCCOc1ccc(Cl)cc1)c1cnc2sccn2c1=O. The Morgan fingerprint density at radius 1 is 1.35 bits per heavy atom. The minimum Gasteiger partial charge on any atom is -0.492 e. The average molecular weight is 350 g/mol. The first-order valence-corrected chi connectivity index (χ1v) is 8.02. The van der Waals surface area contributed by atoms with E-state index in [1.54, 1.807) is 35.8 Å². The van der Waals surface area contributed by atoms with Crippen LogP contribution in [0.4, 0.5) is 0 Å². The normalized spacial score (nSPS) is 10.7. The highest BCUT2D eigenvalue weighted by molar-refractivity contribution is 7.15. The highest BCUT2D eigenvalue weighted by Gasteiger charge is 2.13. The summed E-state index contributed by atoms with van der Waals surface area (Å²) >= 11 is 7.11. The Balaban J connectivity index is 1.57. The van der Waals surface area contributed by atoms with Crippen molar-refractivity contribution in [2.24, 2.45) is 0 Å². The molecule has 8 heteroatoms. The van der Waals surface area contributed by atoms with E-state index in [9.17, 15) is 9.59 Å². The van der Waals surface area contributed by atoms with Gasteiger partial charge in [0.1, 0.15) is 17.9 Å². The number of nitrogens with one attached hydrogen (secondary N) is 1. The molecule has 0 aliphatic rings. The number of ether oxygens (including phenoxy) is 1. The van der Waals surface area contributed by atoms with Gasteiger partial charge in [-0.3, -0.25) is 14.0 Å². The quantitative estimate of drug-likeness (QED) is 0.717. The summed E-state index contributed by atoms with van der Waals surface area (Å²) in [6.45, 7) is 0.552. The van der Waals surface area contributed by atoms with E-state index in [0.717, 1.165) is 0 Å². The summed E-state index contributed by atoms with van der Waals surface area (Å²) in [5.74, 6) is 0.188. The highest BCUT2D eigenvalue weighted by Crippen LogP contribution is 2.15. The average Bonchev–Trinajstić information content (AvgIpc) is 3.03. The molecule has 3 rings (SSSR count). The number of carbonyl (C=O) groups excluding carboxylic acids is 1. The zero-order valence-electron chi connectivity index (χ0n) is 11.9. The first-order chi connectivity index (χ1) is 11.1. The molecule has 0 aliphatic heterocycles. The minimum atomic E-state index is -0.470. The molecule has 1 aromatic carbocycles. The number of fused-ring (bicyclic) bond motifs is 1. The number of hydrogen-bond donors (Lipinski definition) is 1. The van der Waals surface area contributed by atoms with Gasteiger partial charge in [-0.05, 0) is 24.3 Å². The summed E-state index contributed by atoms with van der Waals surface area (Å²) in [6, 6.07) is 6.92. The fraction of sp³-hybridized carbons (Fsp3) is 0.133. The van der Waals surface area contributed by atoms with E-state index < -0.39 is 5.91 Å². The van der Waals surface area contributed by atoms with Crippen LogP contribution in [0.1, 0.15) is 10.4 Å². The molecule has 0 atom stereocenters. The molecular weight excluding hydrogens is 338 g/mol. The summed E-state index contributed by atoms with van der Waals surface area (Å²) in [4.78, 5) is 28.8. The Labute approximate surface area is 140 Å². The molecule has 0 bridgehead atoms. The van der Waals surface area contributed by atoms with E-state index >= 15 is 0 Å². The van der Waals surface area contributed by atoms with Crippen molar-refractivity contribution in [3.05, 3.63) is 63.0 Å². The van der Waals surface area contributed by atoms with Crippen LogP contribution in [0.3, 0.4) is 0 Å². The van der Waals surface area contributed by atoms with Gasteiger partial charge in [-0.25, -0.2) is 4.98 Å². The van der Waals surface area contributed by atoms with Crippen molar-refractivity contribution in [3.8, 4) is 5.75 Å². The summed E-state index contributed by atoms with van der Waals surface area (Å²) < 4.78 is 6.82. The van der Waals surface area contributed by atoms with Crippen LogP contribution in [-0.2, 0) is 0 Å². The van der Waals surface area contributed by atoms with Gasteiger partial charge >= 0.3 is 0 Å². The molecule has 0 aliphatic carbocycles. The number of carbonyl (C=O) groups is 1. The standard InChI is InChI=1S/C15H12ClN3O3S/c16-10-1-3-11(4-2-10)22-7-5-17-13(20)12-9-18-15-19(14(12)21)6-8-23-15/h1-4,6,8-9H,5,7H2,(H,17,20). The van der Waals surface area contributed by atoms with E-state index in [4.69, 9.17) is 16.3 Å². The number of benzene rings is 1. The zero-order chi connectivity index (χ0) is 16.2. The lowest BCUT2D eigenvalue weighted by molar-refractivity contribution is 0.0945. The van der Waals surface area contributed by atoms with Gasteiger partial charge in [-0.2, -0.15) is 0 Å². The number of halogens is 1. The molecule has 0 saturated heterocycles. The predicted molar refractivity (Wildman–Crippen MR) is 88.6 cm³/mol. The third-order valence-corrected chi connectivity index (χ3v) is 4.08. The first-order valence-electron chi connectivity index (χ1n) is 6.76. The molecule has 0 spiro atoms. The molecule has 0 radical (unpaired) electrons. The lowest BCUT2D eigenvalue weighted by Crippen LogP contribution is -2.33. The van der Waals surface area contributed by atoms with E-state index in [1.807, 2.05) is 0 Å². The maximum atomic E-state index is 12.1. The van der Waals surface area contributed by atoms with Crippen molar-refractivity contribution in [2.45, 2.75) is 0 Å². The lowest BCUT2D eigenvalue weighted by Gasteiger charge is -2.07. The summed E-state index contributed by atoms with van der Waals surface area (Å²) in [7, 11) is 0. The van der Waals surface area contributed by atoms with Crippen molar-refractivity contribution >= 4 is 33.8 Å². The summed E-state index contributed by atoms with van der Waals surface area (Å²) in [5.41, 5.74) is -0.375. The number of aromatic nitrogens is 2. The van der Waals surface area contributed by atoms with Gasteiger partial charge in [0, 0.05) is 22.8 Å². The molecule has 1 N–H and O–H groups in total. The van der Waals surface area contributed by atoms with Crippen molar-refractivity contribution in [2.75, 3.05) is 13.2 Å². The molecule has 0 saturated carbocycles. The van der Waals surface area contributed by atoms with Gasteiger partial charge < -0.3 is 10.1 Å². The number of rotatable bonds is 5. The van der Waals surface area contributed by atoms with Crippen molar-refractivity contribution in [1.29, 1.82) is 0 Å². The molecule has 3 aromatic rings. The minimum absolute atomic E-state index is 0.00685. The van der Waals surface area contributed by atoms with Crippen LogP contribution in [0.15, 0.2) is 46.8 Å². The van der Waals surface area contributed by atoms with Crippen LogP contribution < -0.4 is 15.6 Å². The zero-order valence-corrected chi connectivity index (χ0v) is 13.4. The lowest BCUT2D eigenvalue weighted by atomic mass is 10.3. The molecule has 0 fully saturated rings. The van der Waals surface area contributed by atoms with Crippen molar-refractivity contribution in [1.82, 2.24) is 14.7 Å². The Morgan fingerprint density at radius 3 is 2.91 bits per heavy atom. The number of amides is 1. The van der Waals surface area contributed by atoms with Crippen LogP contribution in [-0.4, -0.2) is 28.4 Å². The van der Waals surface area contributed by atoms with E-state index in [0.29, 0.717) is 15.7 Å². The Bertz CT molecular complexity index is 889. The number of nitrogens with zero attached hydrogens (tertiary/aromatic N) is 2. The smallest absolute Gasteiger partial charge is 0.271 e. The second-order valence-corrected chi connectivity index (χ2v) is 5.90. The first kappa shape index (κ1) is 15.5. The third-order valence-electron chi connectivity index (χ3n) is 3.06. The third kappa shape index (κ3) is 3.52. The highest BCUT2D eigenvalue weighted by atomic mass is 35.5. The maximum absolute atomic E-state index is 12.1. The fourth-order valence-electron chi connectivity index (χ4n) is 1.94. The van der Waals surface area contributed by atoms with E-state index in [1.165, 1.54) is 21.9 Å². The van der Waals surface area contributed by atoms with Crippen LogP contribution >= 0.6 is 22.9 Å². The van der Waals surface area contributed by atoms with Crippen LogP contribution in [0, 0.1) is 0 Å². The monoisotopic (exact) mass is 349 g/mol. The van der Waals surface area contributed by atoms with Gasteiger partial charge in [0.2, 0.25) is 0 Å². The molecule has 118 valence electrons. The maximum Gasteiger partial charge on any atom is 0.271 e. The van der Waals surface area contributed by atoms with Crippen molar-refractivity contribution in [3.63, 3.8) is 0 Å². The molecular formula is C15H12ClN3O3S. The Hall–Kier alpha value is -2.38. The second kappa shape index (κ2) is 6.80. The van der Waals surface area contributed by atoms with Crippen LogP contribution in [0.5, 0.6) is 5.75 Å². The topological polar surface area (TPSA) is 72.7 Å². The van der Waals surface area contributed by atoms with Crippen LogP contribution in [0.25, 0.3) is 4.96 Å². The molecule has 1 amide bonds. The van der Waals surface area contributed by atoms with E-state index in [-0.39, 0.29) is 24.3 Å². The van der Waals surface area contributed by atoms with Crippen molar-refractivity contribution < 1.29 is 9.53 Å². The number of thiazole rings is 1. The molecule has 2 aromatic heterocycles. The van der Waals surface area contributed by atoms with Gasteiger partial charge in [0.15, 0.2) is 4.96 Å². The van der Waals surface area contributed by atoms with Gasteiger partial charge in [0.25, 0.3) is 11.5 Å². The number of hydrogen-bond acceptors (Lipinski definition) is 5. The van der Waals surface area contributed by atoms with Gasteiger partial charge in [-0.15, -0.1) is 11.3 Å². The van der Waals surface area contributed by atoms with Crippen LogP contribution in [0.2, 0.25) is 5.02 Å². The summed E-state index contributed by atoms with van der Waals surface area (Å²) in [5, 5.41) is 5.01.